The third kappa shape index (κ3) is 4.14. The summed E-state index contributed by atoms with van der Waals surface area (Å²) < 4.78 is 13.3. The molecule has 32 heavy (non-hydrogen) atoms. The summed E-state index contributed by atoms with van der Waals surface area (Å²) in [5.41, 5.74) is 5.94. The van der Waals surface area contributed by atoms with Crippen molar-refractivity contribution < 1.29 is 9.47 Å². The van der Waals surface area contributed by atoms with Crippen molar-refractivity contribution in [2.24, 2.45) is 4.99 Å². The molecule has 160 valence electrons. The van der Waals surface area contributed by atoms with Crippen LogP contribution in [0.2, 0.25) is 0 Å². The summed E-state index contributed by atoms with van der Waals surface area (Å²) >= 11 is 0. The summed E-state index contributed by atoms with van der Waals surface area (Å²) in [5.74, 6) is 2.01. The number of para-hydroxylation sites is 1. The van der Waals surface area contributed by atoms with Crippen LogP contribution >= 0.6 is 0 Å². The minimum atomic E-state index is 0.499. The quantitative estimate of drug-likeness (QED) is 0.360. The van der Waals surface area contributed by atoms with Crippen LogP contribution in [0.15, 0.2) is 84.0 Å². The van der Waals surface area contributed by atoms with E-state index in [0.29, 0.717) is 19.1 Å². The maximum atomic E-state index is 5.78. The Morgan fingerprint density at radius 2 is 1.66 bits per heavy atom. The lowest BCUT2D eigenvalue weighted by Gasteiger charge is -2.18. The molecule has 0 saturated heterocycles. The number of ether oxygens (including phenoxy) is 2. The fraction of sp³-hybridized carbons (Fsp3) is 0.185. The maximum absolute atomic E-state index is 5.78. The second kappa shape index (κ2) is 8.71. The Labute approximate surface area is 188 Å². The zero-order valence-electron chi connectivity index (χ0n) is 18.2. The van der Waals surface area contributed by atoms with Crippen molar-refractivity contribution in [3.05, 3.63) is 90.1 Å². The van der Waals surface area contributed by atoms with Crippen molar-refractivity contribution in [1.29, 1.82) is 0 Å². The summed E-state index contributed by atoms with van der Waals surface area (Å²) in [5, 5.41) is 4.88. The van der Waals surface area contributed by atoms with Crippen molar-refractivity contribution in [2.75, 3.05) is 13.2 Å². The van der Waals surface area contributed by atoms with E-state index in [1.165, 1.54) is 5.56 Å². The van der Waals surface area contributed by atoms with Crippen LogP contribution in [-0.2, 0) is 0 Å². The molecule has 0 saturated carbocycles. The van der Waals surface area contributed by atoms with Crippen molar-refractivity contribution >= 4 is 11.9 Å². The summed E-state index contributed by atoms with van der Waals surface area (Å²) in [7, 11) is 0. The highest BCUT2D eigenvalue weighted by atomic mass is 16.6. The molecule has 5 nitrogen and oxygen atoms in total. The van der Waals surface area contributed by atoms with Crippen LogP contribution < -0.4 is 9.47 Å². The van der Waals surface area contributed by atoms with E-state index in [4.69, 9.17) is 19.6 Å². The van der Waals surface area contributed by atoms with Crippen LogP contribution in [0, 0.1) is 0 Å². The van der Waals surface area contributed by atoms with Gasteiger partial charge in [-0.15, -0.1) is 0 Å². The number of aromatic nitrogens is 2. The van der Waals surface area contributed by atoms with Gasteiger partial charge >= 0.3 is 0 Å². The molecule has 1 aromatic heterocycles. The van der Waals surface area contributed by atoms with Crippen LogP contribution in [0.5, 0.6) is 11.5 Å². The first-order valence-electron chi connectivity index (χ1n) is 10.9. The second-order valence-electron chi connectivity index (χ2n) is 8.08. The summed E-state index contributed by atoms with van der Waals surface area (Å²) in [4.78, 5) is 4.72. The third-order valence-electron chi connectivity index (χ3n) is 5.49. The Morgan fingerprint density at radius 1 is 0.906 bits per heavy atom. The molecule has 0 spiro atoms. The Kier molecular flexibility index (Phi) is 5.46. The van der Waals surface area contributed by atoms with E-state index in [2.05, 4.69) is 38.1 Å². The van der Waals surface area contributed by atoms with E-state index in [-0.39, 0.29) is 0 Å². The summed E-state index contributed by atoms with van der Waals surface area (Å²) in [6.45, 7) is 5.50. The molecule has 5 rings (SSSR count). The first kappa shape index (κ1) is 20.1. The standard InChI is InChI=1S/C27H25N3O2/c1-19(2)20-8-11-23(12-9-20)28-17-22-18-30(24-6-4-3-5-7-24)29-27(22)21-10-13-25-26(16-21)32-15-14-31-25/h3-13,16-19H,14-15H2,1-2H3. The van der Waals surface area contributed by atoms with Gasteiger partial charge in [-0.1, -0.05) is 44.2 Å². The third-order valence-corrected chi connectivity index (χ3v) is 5.49. The first-order valence-corrected chi connectivity index (χ1v) is 10.9. The van der Waals surface area contributed by atoms with Gasteiger partial charge in [-0.3, -0.25) is 4.99 Å². The normalized spacial score (nSPS) is 13.1. The van der Waals surface area contributed by atoms with Gasteiger partial charge in [0, 0.05) is 23.5 Å². The largest absolute Gasteiger partial charge is 0.486 e. The number of fused-ring (bicyclic) bond motifs is 1. The Bertz CT molecular complexity index is 1240. The van der Waals surface area contributed by atoms with Gasteiger partial charge in [-0.25, -0.2) is 4.68 Å². The van der Waals surface area contributed by atoms with E-state index in [9.17, 15) is 0 Å². The van der Waals surface area contributed by atoms with E-state index in [1.54, 1.807) is 0 Å². The Balaban J connectivity index is 1.54. The Hall–Kier alpha value is -3.86. The lowest BCUT2D eigenvalue weighted by Crippen LogP contribution is -2.15. The predicted molar refractivity (Wildman–Crippen MR) is 128 cm³/mol. The van der Waals surface area contributed by atoms with Gasteiger partial charge < -0.3 is 9.47 Å². The SMILES string of the molecule is CC(C)c1ccc(N=Cc2cn(-c3ccccc3)nc2-c2ccc3c(c2)OCCO3)cc1. The topological polar surface area (TPSA) is 48.6 Å². The molecule has 1 aliphatic rings. The highest BCUT2D eigenvalue weighted by molar-refractivity contribution is 5.90. The predicted octanol–water partition coefficient (Wildman–Crippen LogP) is 6.18. The number of nitrogens with zero attached hydrogens (tertiary/aromatic N) is 3. The molecule has 4 aromatic rings. The van der Waals surface area contributed by atoms with Gasteiger partial charge in [-0.2, -0.15) is 5.10 Å². The molecular formula is C27H25N3O2. The molecule has 2 heterocycles. The molecular weight excluding hydrogens is 398 g/mol. The van der Waals surface area contributed by atoms with Gasteiger partial charge in [0.25, 0.3) is 0 Å². The van der Waals surface area contributed by atoms with Gasteiger partial charge in [0.2, 0.25) is 0 Å². The minimum Gasteiger partial charge on any atom is -0.486 e. The molecule has 0 N–H and O–H groups in total. The van der Waals surface area contributed by atoms with E-state index >= 15 is 0 Å². The molecule has 1 aliphatic heterocycles. The van der Waals surface area contributed by atoms with Gasteiger partial charge in [0.05, 0.1) is 11.4 Å². The van der Waals surface area contributed by atoms with Gasteiger partial charge in [-0.05, 0) is 53.9 Å². The molecule has 0 radical (unpaired) electrons. The molecule has 3 aromatic carbocycles. The van der Waals surface area contributed by atoms with Crippen LogP contribution in [0.4, 0.5) is 5.69 Å². The molecule has 0 unspecified atom stereocenters. The minimum absolute atomic E-state index is 0.499. The monoisotopic (exact) mass is 423 g/mol. The highest BCUT2D eigenvalue weighted by Gasteiger charge is 2.16. The lowest BCUT2D eigenvalue weighted by molar-refractivity contribution is 0.171. The van der Waals surface area contributed by atoms with Crippen LogP contribution in [0.25, 0.3) is 16.9 Å². The van der Waals surface area contributed by atoms with Crippen molar-refractivity contribution in [3.8, 4) is 28.4 Å². The fourth-order valence-corrected chi connectivity index (χ4v) is 3.70. The first-order chi connectivity index (χ1) is 15.7. The van der Waals surface area contributed by atoms with Gasteiger partial charge in [0.1, 0.15) is 18.9 Å². The van der Waals surface area contributed by atoms with Crippen LogP contribution in [0.1, 0.15) is 30.9 Å². The van der Waals surface area contributed by atoms with E-state index < -0.39 is 0 Å². The summed E-state index contributed by atoms with van der Waals surface area (Å²) in [6, 6.07) is 24.4. The van der Waals surface area contributed by atoms with Crippen molar-refractivity contribution in [3.63, 3.8) is 0 Å². The molecule has 0 amide bonds. The number of benzene rings is 3. The van der Waals surface area contributed by atoms with E-state index in [0.717, 1.165) is 39.7 Å². The summed E-state index contributed by atoms with van der Waals surface area (Å²) in [6.07, 6.45) is 3.89. The van der Waals surface area contributed by atoms with Crippen LogP contribution in [-0.4, -0.2) is 29.2 Å². The smallest absolute Gasteiger partial charge is 0.162 e. The van der Waals surface area contributed by atoms with Gasteiger partial charge in [0.15, 0.2) is 11.5 Å². The molecule has 5 heteroatoms. The average molecular weight is 424 g/mol. The number of hydrogen-bond acceptors (Lipinski definition) is 4. The van der Waals surface area contributed by atoms with Crippen LogP contribution in [0.3, 0.4) is 0 Å². The second-order valence-corrected chi connectivity index (χ2v) is 8.08. The highest BCUT2D eigenvalue weighted by Crippen LogP contribution is 2.35. The molecule has 0 fully saturated rings. The average Bonchev–Trinajstić information content (AvgIpc) is 3.27. The molecule has 0 aliphatic carbocycles. The van der Waals surface area contributed by atoms with Crippen molar-refractivity contribution in [2.45, 2.75) is 19.8 Å². The van der Waals surface area contributed by atoms with Crippen molar-refractivity contribution in [1.82, 2.24) is 9.78 Å². The zero-order valence-corrected chi connectivity index (χ0v) is 18.2. The fourth-order valence-electron chi connectivity index (χ4n) is 3.70. The Morgan fingerprint density at radius 3 is 2.41 bits per heavy atom. The maximum Gasteiger partial charge on any atom is 0.162 e. The lowest BCUT2D eigenvalue weighted by atomic mass is 10.0. The number of hydrogen-bond donors (Lipinski definition) is 0. The number of aliphatic imine (C=N–C) groups is 1. The van der Waals surface area contributed by atoms with E-state index in [1.807, 2.05) is 65.6 Å². The number of rotatable bonds is 5. The molecule has 0 atom stereocenters. The molecule has 0 bridgehead atoms. The zero-order chi connectivity index (χ0) is 21.9.